The van der Waals surface area contributed by atoms with Gasteiger partial charge in [-0.3, -0.25) is 19.3 Å². The van der Waals surface area contributed by atoms with Crippen molar-refractivity contribution in [3.8, 4) is 5.75 Å². The van der Waals surface area contributed by atoms with E-state index in [9.17, 15) is 34.8 Å². The number of nitrogens with two attached hydrogens (primary N) is 1. The second-order valence-electron chi connectivity index (χ2n) is 9.29. The third-order valence-corrected chi connectivity index (χ3v) is 7.29. The number of fused-ring (bicyclic) bond motifs is 3. The van der Waals surface area contributed by atoms with E-state index in [1.807, 2.05) is 0 Å². The number of allylic oxidation sites excluding steroid dienone is 1. The molecule has 1 aromatic heterocycles. The summed E-state index contributed by atoms with van der Waals surface area (Å²) in [6.07, 6.45) is 1.38. The van der Waals surface area contributed by atoms with Crippen LogP contribution in [0, 0.1) is 11.8 Å². The Morgan fingerprint density at radius 1 is 1.24 bits per heavy atom. The molecule has 0 radical (unpaired) electrons. The highest BCUT2D eigenvalue weighted by Gasteiger charge is 2.63. The van der Waals surface area contributed by atoms with Gasteiger partial charge in [0.25, 0.3) is 5.91 Å². The fourth-order valence-electron chi connectivity index (χ4n) is 5.62. The molecule has 0 bridgehead atoms. The Kier molecular flexibility index (Phi) is 5.45. The molecule has 11 heteroatoms. The van der Waals surface area contributed by atoms with E-state index in [-0.39, 0.29) is 29.7 Å². The van der Waals surface area contributed by atoms with Crippen molar-refractivity contribution >= 4 is 23.3 Å². The Hall–Kier alpha value is -3.44. The zero-order chi connectivity index (χ0) is 25.3. The molecule has 0 fully saturated rings. The summed E-state index contributed by atoms with van der Waals surface area (Å²) >= 11 is 0. The molecule has 3 aliphatic rings. The molecule has 0 spiro atoms. The number of aromatic hydroxyl groups is 1. The van der Waals surface area contributed by atoms with Crippen molar-refractivity contribution in [1.29, 1.82) is 0 Å². The molecule has 4 rings (SSSR count). The summed E-state index contributed by atoms with van der Waals surface area (Å²) in [5.41, 5.74) is 2.13. The quantitative estimate of drug-likeness (QED) is 0.374. The van der Waals surface area contributed by atoms with E-state index in [1.54, 1.807) is 37.9 Å². The summed E-state index contributed by atoms with van der Waals surface area (Å²) in [6, 6.07) is -1.01. The minimum atomic E-state index is -2.64. The second-order valence-corrected chi connectivity index (χ2v) is 9.29. The first-order valence-electron chi connectivity index (χ1n) is 10.9. The summed E-state index contributed by atoms with van der Waals surface area (Å²) in [6.45, 7) is 2.17. The molecule has 34 heavy (non-hydrogen) atoms. The van der Waals surface area contributed by atoms with Crippen molar-refractivity contribution in [2.24, 2.45) is 17.6 Å². The van der Waals surface area contributed by atoms with Crippen molar-refractivity contribution < 1.29 is 34.8 Å². The third kappa shape index (κ3) is 2.96. The number of aliphatic hydroxyl groups is 3. The molecule has 182 valence electrons. The van der Waals surface area contributed by atoms with E-state index in [2.05, 4.69) is 4.98 Å². The number of anilines is 1. The Labute approximate surface area is 195 Å². The van der Waals surface area contributed by atoms with Crippen LogP contribution >= 0.6 is 0 Å². The fourth-order valence-corrected chi connectivity index (χ4v) is 5.62. The minimum Gasteiger partial charge on any atom is -0.510 e. The number of amides is 1. The predicted molar refractivity (Wildman–Crippen MR) is 120 cm³/mol. The summed E-state index contributed by atoms with van der Waals surface area (Å²) < 4.78 is 0. The van der Waals surface area contributed by atoms with E-state index in [1.165, 1.54) is 0 Å². The standard InChI is InChI=1S/C23H28N4O7/c1-5-27(4)16-11-7-9-6-10-14(12(28)8-25-22(10)26(2)3)17(29)13(9)19(31)23(11,34)20(32)15(18(16)30)21(24)33/h8-9,11,16,28,30-31,34H,5-7H2,1-4H3,(H2,24,33)/t9-,11-,16-,23-/m0/s1. The Balaban J connectivity index is 1.98. The van der Waals surface area contributed by atoms with Gasteiger partial charge in [0.15, 0.2) is 11.4 Å². The molecule has 0 saturated carbocycles. The molecule has 0 saturated heterocycles. The largest absolute Gasteiger partial charge is 0.510 e. The summed E-state index contributed by atoms with van der Waals surface area (Å²) in [7, 11) is 5.12. The van der Waals surface area contributed by atoms with Gasteiger partial charge in [-0.25, -0.2) is 4.98 Å². The number of carbonyl (C=O) groups is 3. The lowest BCUT2D eigenvalue weighted by molar-refractivity contribution is -0.148. The van der Waals surface area contributed by atoms with Crippen LogP contribution in [0.4, 0.5) is 5.82 Å². The first-order valence-corrected chi connectivity index (χ1v) is 10.9. The van der Waals surface area contributed by atoms with E-state index in [0.29, 0.717) is 17.9 Å². The number of likely N-dealkylation sites (N-methyl/N-ethyl adjacent to an activating group) is 1. The van der Waals surface area contributed by atoms with E-state index in [4.69, 9.17) is 5.73 Å². The average molecular weight is 472 g/mol. The lowest BCUT2D eigenvalue weighted by Gasteiger charge is -2.50. The minimum absolute atomic E-state index is 0.0421. The van der Waals surface area contributed by atoms with E-state index >= 15 is 0 Å². The monoisotopic (exact) mass is 472 g/mol. The molecule has 0 aliphatic heterocycles. The van der Waals surface area contributed by atoms with E-state index < -0.39 is 58.0 Å². The van der Waals surface area contributed by atoms with Gasteiger partial charge in [0.05, 0.1) is 17.8 Å². The van der Waals surface area contributed by atoms with Gasteiger partial charge in [-0.1, -0.05) is 6.92 Å². The molecule has 6 N–H and O–H groups in total. The van der Waals surface area contributed by atoms with Gasteiger partial charge in [0.2, 0.25) is 5.78 Å². The highest BCUT2D eigenvalue weighted by molar-refractivity contribution is 6.24. The summed E-state index contributed by atoms with van der Waals surface area (Å²) in [4.78, 5) is 46.4. The number of aliphatic hydroxyl groups excluding tert-OH is 2. The van der Waals surface area contributed by atoms with Crippen LogP contribution in [0.15, 0.2) is 28.9 Å². The van der Waals surface area contributed by atoms with Crippen LogP contribution in [0.5, 0.6) is 5.75 Å². The summed E-state index contributed by atoms with van der Waals surface area (Å²) in [5, 5.41) is 44.2. The Morgan fingerprint density at radius 2 is 1.88 bits per heavy atom. The molecule has 1 heterocycles. The number of hydrogen-bond acceptors (Lipinski definition) is 10. The van der Waals surface area contributed by atoms with Gasteiger partial charge in [-0.15, -0.1) is 0 Å². The smallest absolute Gasteiger partial charge is 0.255 e. The number of Topliss-reactive ketones (excluding diaryl/α,β-unsaturated/α-hetero) is 2. The normalized spacial score (nSPS) is 28.6. The zero-order valence-corrected chi connectivity index (χ0v) is 19.4. The number of hydrogen-bond donors (Lipinski definition) is 5. The van der Waals surface area contributed by atoms with Crippen LogP contribution in [0.25, 0.3) is 0 Å². The topological polar surface area (TPSA) is 178 Å². The number of primary amides is 1. The first-order chi connectivity index (χ1) is 15.9. The summed E-state index contributed by atoms with van der Waals surface area (Å²) in [5.74, 6) is -6.27. The van der Waals surface area contributed by atoms with Gasteiger partial charge in [-0.05, 0) is 32.4 Å². The van der Waals surface area contributed by atoms with Gasteiger partial charge >= 0.3 is 0 Å². The van der Waals surface area contributed by atoms with Gasteiger partial charge in [0, 0.05) is 31.1 Å². The SMILES string of the molecule is CCN(C)[C@@H]1C(O)=C(C(N)=O)C(=O)[C@@]2(O)C(O)=C3C(=O)c4c(O)cnc(N(C)C)c4C[C@H]3C[C@@H]12. The van der Waals surface area contributed by atoms with E-state index in [0.717, 1.165) is 6.20 Å². The molecular weight excluding hydrogens is 444 g/mol. The van der Waals surface area contributed by atoms with Crippen molar-refractivity contribution in [2.75, 3.05) is 32.6 Å². The molecule has 1 aromatic rings. The number of ketones is 2. The van der Waals surface area contributed by atoms with Crippen molar-refractivity contribution in [1.82, 2.24) is 9.88 Å². The lowest BCUT2D eigenvalue weighted by Crippen LogP contribution is -2.64. The number of rotatable bonds is 4. The first kappa shape index (κ1) is 23.7. The maximum absolute atomic E-state index is 13.5. The van der Waals surface area contributed by atoms with Gasteiger partial charge < -0.3 is 31.1 Å². The van der Waals surface area contributed by atoms with Crippen LogP contribution < -0.4 is 10.6 Å². The molecule has 11 nitrogen and oxygen atoms in total. The third-order valence-electron chi connectivity index (χ3n) is 7.29. The fraction of sp³-hybridized carbons (Fsp3) is 0.478. The van der Waals surface area contributed by atoms with Crippen molar-refractivity contribution in [2.45, 2.75) is 31.4 Å². The number of nitrogens with zero attached hydrogens (tertiary/aromatic N) is 3. The van der Waals surface area contributed by atoms with Crippen molar-refractivity contribution in [3.63, 3.8) is 0 Å². The van der Waals surface area contributed by atoms with Crippen LogP contribution in [0.2, 0.25) is 0 Å². The number of carbonyl (C=O) groups excluding carboxylic acids is 3. The number of pyridine rings is 1. The zero-order valence-electron chi connectivity index (χ0n) is 19.4. The second kappa shape index (κ2) is 7.81. The Morgan fingerprint density at radius 3 is 2.44 bits per heavy atom. The molecular formula is C23H28N4O7. The average Bonchev–Trinajstić information content (AvgIpc) is 2.75. The Bertz CT molecular complexity index is 1190. The number of aromatic nitrogens is 1. The predicted octanol–water partition coefficient (Wildman–Crippen LogP) is -0.0283. The molecule has 1 amide bonds. The molecule has 4 atom stereocenters. The lowest BCUT2D eigenvalue weighted by atomic mass is 9.58. The van der Waals surface area contributed by atoms with Gasteiger partial charge in [-0.2, -0.15) is 0 Å². The van der Waals surface area contributed by atoms with Gasteiger partial charge in [0.1, 0.15) is 28.7 Å². The molecule has 3 aliphatic carbocycles. The van der Waals surface area contributed by atoms with Crippen LogP contribution in [0.3, 0.4) is 0 Å². The van der Waals surface area contributed by atoms with Crippen LogP contribution in [0.1, 0.15) is 29.3 Å². The van der Waals surface area contributed by atoms with Crippen LogP contribution in [-0.4, -0.2) is 87.1 Å². The van der Waals surface area contributed by atoms with Crippen LogP contribution in [-0.2, 0) is 16.0 Å². The highest BCUT2D eigenvalue weighted by atomic mass is 16.3. The maximum Gasteiger partial charge on any atom is 0.255 e. The van der Waals surface area contributed by atoms with Crippen molar-refractivity contribution in [3.05, 3.63) is 40.0 Å². The molecule has 0 unspecified atom stereocenters. The maximum atomic E-state index is 13.5. The molecule has 0 aromatic carbocycles. The highest BCUT2D eigenvalue weighted by Crippen LogP contribution is 2.52.